The summed E-state index contributed by atoms with van der Waals surface area (Å²) in [6.07, 6.45) is 0. The molecule has 0 bridgehead atoms. The Bertz CT molecular complexity index is 226. The molecular formula is C10H16N2. The lowest BCUT2D eigenvalue weighted by molar-refractivity contribution is 0.689. The molecule has 0 saturated heterocycles. The topological polar surface area (TPSA) is 38.0 Å². The van der Waals surface area contributed by atoms with Gasteiger partial charge in [0.2, 0.25) is 0 Å². The predicted octanol–water partition coefficient (Wildman–Crippen LogP) is 2.34. The third kappa shape index (κ3) is 2.82. The minimum absolute atomic E-state index is 0.669. The molecule has 1 rings (SSSR count). The fourth-order valence-electron chi connectivity index (χ4n) is 0.923. The van der Waals surface area contributed by atoms with Crippen LogP contribution in [0.2, 0.25) is 0 Å². The largest absolute Gasteiger partial charge is 0.399 e. The SMILES string of the molecule is CC(C)CNc1ccc(N)cc1. The maximum absolute atomic E-state index is 5.55. The van der Waals surface area contributed by atoms with E-state index in [0.29, 0.717) is 5.92 Å². The van der Waals surface area contributed by atoms with Gasteiger partial charge >= 0.3 is 0 Å². The quantitative estimate of drug-likeness (QED) is 0.673. The minimum atomic E-state index is 0.669. The van der Waals surface area contributed by atoms with Gasteiger partial charge in [-0.2, -0.15) is 0 Å². The van der Waals surface area contributed by atoms with E-state index in [1.165, 1.54) is 0 Å². The molecule has 0 aliphatic carbocycles. The zero-order chi connectivity index (χ0) is 8.97. The predicted molar refractivity (Wildman–Crippen MR) is 54.2 cm³/mol. The summed E-state index contributed by atoms with van der Waals surface area (Å²) in [7, 11) is 0. The van der Waals surface area contributed by atoms with E-state index in [-0.39, 0.29) is 0 Å². The first-order valence-electron chi connectivity index (χ1n) is 4.28. The number of rotatable bonds is 3. The summed E-state index contributed by atoms with van der Waals surface area (Å²) in [4.78, 5) is 0. The molecule has 0 aliphatic rings. The Morgan fingerprint density at radius 1 is 1.25 bits per heavy atom. The van der Waals surface area contributed by atoms with Crippen molar-refractivity contribution in [2.75, 3.05) is 17.6 Å². The Labute approximate surface area is 73.8 Å². The van der Waals surface area contributed by atoms with E-state index >= 15 is 0 Å². The molecule has 0 amide bonds. The highest BCUT2D eigenvalue weighted by Gasteiger charge is 1.93. The number of anilines is 2. The highest BCUT2D eigenvalue weighted by molar-refractivity contribution is 5.51. The molecule has 1 aromatic carbocycles. The molecule has 0 saturated carbocycles. The van der Waals surface area contributed by atoms with Gasteiger partial charge in [0.1, 0.15) is 0 Å². The maximum Gasteiger partial charge on any atom is 0.0341 e. The molecule has 0 radical (unpaired) electrons. The summed E-state index contributed by atoms with van der Waals surface area (Å²) >= 11 is 0. The molecule has 0 unspecified atom stereocenters. The van der Waals surface area contributed by atoms with Gasteiger partial charge in [-0.1, -0.05) is 13.8 Å². The van der Waals surface area contributed by atoms with Crippen molar-refractivity contribution in [3.05, 3.63) is 24.3 Å². The molecule has 0 aliphatic heterocycles. The van der Waals surface area contributed by atoms with Gasteiger partial charge in [-0.05, 0) is 30.2 Å². The van der Waals surface area contributed by atoms with Crippen LogP contribution in [0.25, 0.3) is 0 Å². The van der Waals surface area contributed by atoms with Gasteiger partial charge in [0.25, 0.3) is 0 Å². The zero-order valence-electron chi connectivity index (χ0n) is 7.67. The van der Waals surface area contributed by atoms with E-state index in [0.717, 1.165) is 17.9 Å². The normalized spacial score (nSPS) is 10.2. The number of nitrogens with one attached hydrogen (secondary N) is 1. The average Bonchev–Trinajstić information content (AvgIpc) is 2.03. The van der Waals surface area contributed by atoms with Crippen LogP contribution in [0.4, 0.5) is 11.4 Å². The zero-order valence-corrected chi connectivity index (χ0v) is 7.67. The van der Waals surface area contributed by atoms with Crippen LogP contribution in [0, 0.1) is 5.92 Å². The molecule has 0 heterocycles. The number of nitrogens with two attached hydrogens (primary N) is 1. The van der Waals surface area contributed by atoms with Gasteiger partial charge < -0.3 is 11.1 Å². The van der Waals surface area contributed by atoms with E-state index in [1.807, 2.05) is 24.3 Å². The van der Waals surface area contributed by atoms with E-state index in [9.17, 15) is 0 Å². The average molecular weight is 164 g/mol. The second kappa shape index (κ2) is 4.00. The summed E-state index contributed by atoms with van der Waals surface area (Å²) in [6.45, 7) is 5.37. The van der Waals surface area contributed by atoms with Crippen molar-refractivity contribution in [3.63, 3.8) is 0 Å². The van der Waals surface area contributed by atoms with Crippen molar-refractivity contribution in [2.45, 2.75) is 13.8 Å². The fourth-order valence-corrected chi connectivity index (χ4v) is 0.923. The first kappa shape index (κ1) is 8.91. The molecule has 2 nitrogen and oxygen atoms in total. The van der Waals surface area contributed by atoms with E-state index < -0.39 is 0 Å². The lowest BCUT2D eigenvalue weighted by atomic mass is 10.2. The van der Waals surface area contributed by atoms with Gasteiger partial charge in [-0.15, -0.1) is 0 Å². The summed E-state index contributed by atoms with van der Waals surface area (Å²) < 4.78 is 0. The van der Waals surface area contributed by atoms with Crippen molar-refractivity contribution < 1.29 is 0 Å². The lowest BCUT2D eigenvalue weighted by Gasteiger charge is -2.08. The molecule has 12 heavy (non-hydrogen) atoms. The third-order valence-electron chi connectivity index (χ3n) is 1.63. The van der Waals surface area contributed by atoms with Gasteiger partial charge in [0, 0.05) is 17.9 Å². The standard InChI is InChI=1S/C10H16N2/c1-8(2)7-12-10-5-3-9(11)4-6-10/h3-6,8,12H,7,11H2,1-2H3. The van der Waals surface area contributed by atoms with Crippen LogP contribution in [0.3, 0.4) is 0 Å². The number of hydrogen-bond donors (Lipinski definition) is 2. The lowest BCUT2D eigenvalue weighted by Crippen LogP contribution is -2.07. The first-order chi connectivity index (χ1) is 5.68. The van der Waals surface area contributed by atoms with Crippen molar-refractivity contribution >= 4 is 11.4 Å². The van der Waals surface area contributed by atoms with Crippen LogP contribution in [-0.4, -0.2) is 6.54 Å². The fraction of sp³-hybridized carbons (Fsp3) is 0.400. The van der Waals surface area contributed by atoms with Crippen LogP contribution in [0.15, 0.2) is 24.3 Å². The molecule has 0 atom stereocenters. The Morgan fingerprint density at radius 3 is 2.33 bits per heavy atom. The van der Waals surface area contributed by atoms with Crippen LogP contribution in [0.5, 0.6) is 0 Å². The molecular weight excluding hydrogens is 148 g/mol. The van der Waals surface area contributed by atoms with Crippen molar-refractivity contribution in [2.24, 2.45) is 5.92 Å². The highest BCUT2D eigenvalue weighted by atomic mass is 14.9. The molecule has 0 fully saturated rings. The number of benzene rings is 1. The van der Waals surface area contributed by atoms with Crippen LogP contribution in [-0.2, 0) is 0 Å². The van der Waals surface area contributed by atoms with Crippen LogP contribution in [0.1, 0.15) is 13.8 Å². The molecule has 1 aromatic rings. The van der Waals surface area contributed by atoms with E-state index in [2.05, 4.69) is 19.2 Å². The van der Waals surface area contributed by atoms with Gasteiger partial charge in [-0.25, -0.2) is 0 Å². The number of nitrogen functional groups attached to an aromatic ring is 1. The molecule has 66 valence electrons. The second-order valence-electron chi connectivity index (χ2n) is 3.40. The first-order valence-corrected chi connectivity index (χ1v) is 4.28. The Morgan fingerprint density at radius 2 is 1.83 bits per heavy atom. The maximum atomic E-state index is 5.55. The molecule has 0 spiro atoms. The van der Waals surface area contributed by atoms with E-state index in [1.54, 1.807) is 0 Å². The highest BCUT2D eigenvalue weighted by Crippen LogP contribution is 2.10. The van der Waals surface area contributed by atoms with Crippen LogP contribution >= 0.6 is 0 Å². The Balaban J connectivity index is 2.48. The van der Waals surface area contributed by atoms with Gasteiger partial charge in [0.05, 0.1) is 0 Å². The Hall–Kier alpha value is -1.18. The molecule has 2 heteroatoms. The third-order valence-corrected chi connectivity index (χ3v) is 1.63. The smallest absolute Gasteiger partial charge is 0.0341 e. The van der Waals surface area contributed by atoms with Crippen molar-refractivity contribution in [1.29, 1.82) is 0 Å². The van der Waals surface area contributed by atoms with Gasteiger partial charge in [0.15, 0.2) is 0 Å². The second-order valence-corrected chi connectivity index (χ2v) is 3.40. The summed E-state index contributed by atoms with van der Waals surface area (Å²) in [5.41, 5.74) is 7.50. The van der Waals surface area contributed by atoms with Gasteiger partial charge in [-0.3, -0.25) is 0 Å². The minimum Gasteiger partial charge on any atom is -0.399 e. The molecule has 0 aromatic heterocycles. The van der Waals surface area contributed by atoms with E-state index in [4.69, 9.17) is 5.73 Å². The summed E-state index contributed by atoms with van der Waals surface area (Å²) in [5, 5.41) is 3.32. The van der Waals surface area contributed by atoms with Crippen LogP contribution < -0.4 is 11.1 Å². The Kier molecular flexibility index (Phi) is 2.97. The van der Waals surface area contributed by atoms with Crippen molar-refractivity contribution in [3.8, 4) is 0 Å². The van der Waals surface area contributed by atoms with Crippen molar-refractivity contribution in [1.82, 2.24) is 0 Å². The summed E-state index contributed by atoms with van der Waals surface area (Å²) in [5.74, 6) is 0.669. The summed E-state index contributed by atoms with van der Waals surface area (Å²) in [6, 6.07) is 7.81. The monoisotopic (exact) mass is 164 g/mol. The molecule has 3 N–H and O–H groups in total. The number of hydrogen-bond acceptors (Lipinski definition) is 2.